The fourth-order valence-electron chi connectivity index (χ4n) is 0. The molecule has 1 saturated carbocycles. The molecule has 0 nitrogen and oxygen atoms in total. The van der Waals surface area contributed by atoms with E-state index in [1.54, 1.807) is 0 Å². The fourth-order valence-corrected chi connectivity index (χ4v) is 0. The van der Waals surface area contributed by atoms with Gasteiger partial charge in [0.05, 0.1) is 0 Å². The van der Waals surface area contributed by atoms with E-state index in [9.17, 15) is 0 Å². The summed E-state index contributed by atoms with van der Waals surface area (Å²) in [6.07, 6.45) is 5.00. The van der Waals surface area contributed by atoms with Gasteiger partial charge in [0.1, 0.15) is 0 Å². The average Bonchev–Trinajstić information content (AvgIpc) is 1.46. The normalized spacial score (nSPS) is 14.4. The van der Waals surface area contributed by atoms with Gasteiger partial charge < -0.3 is 6.42 Å². The van der Waals surface area contributed by atoms with Crippen molar-refractivity contribution in [3.8, 4) is 0 Å². The SMILES string of the molecule is [CH-]1CC1.[Li+].[Li+]. The Hall–Kier alpha value is 1.19. The van der Waals surface area contributed by atoms with Gasteiger partial charge >= 0.3 is 37.7 Å². The van der Waals surface area contributed by atoms with Crippen LogP contribution in [0, 0.1) is 6.42 Å². The molecule has 1 rings (SSSR count). The van der Waals surface area contributed by atoms with E-state index in [1.165, 1.54) is 12.8 Å². The molecule has 1 fully saturated rings. The predicted molar refractivity (Wildman–Crippen MR) is 13.5 cm³/mol. The molecule has 5 heavy (non-hydrogen) atoms. The molecule has 0 amide bonds. The van der Waals surface area contributed by atoms with Crippen LogP contribution in [-0.4, -0.2) is 0 Å². The molecule has 18 valence electrons. The maximum absolute atomic E-state index is 2.25. The van der Waals surface area contributed by atoms with Crippen LogP contribution < -0.4 is 37.7 Å². The molecule has 0 aromatic heterocycles. The molecule has 0 saturated heterocycles. The molecular formula is C3H5Li2+. The molecule has 0 unspecified atom stereocenters. The van der Waals surface area contributed by atoms with Gasteiger partial charge in [0, 0.05) is 0 Å². The molecule has 1 aliphatic rings. The molecule has 0 atom stereocenters. The summed E-state index contributed by atoms with van der Waals surface area (Å²) in [6, 6.07) is 0. The zero-order valence-corrected chi connectivity index (χ0v) is 3.99. The summed E-state index contributed by atoms with van der Waals surface area (Å²) in [5.74, 6) is 0. The van der Waals surface area contributed by atoms with Gasteiger partial charge in [-0.25, -0.2) is 12.8 Å². The summed E-state index contributed by atoms with van der Waals surface area (Å²) in [6.45, 7) is 0. The Labute approximate surface area is 57.1 Å². The maximum Gasteiger partial charge on any atom is 1.00 e. The van der Waals surface area contributed by atoms with Crippen molar-refractivity contribution >= 4 is 0 Å². The van der Waals surface area contributed by atoms with Crippen molar-refractivity contribution in [2.45, 2.75) is 12.8 Å². The van der Waals surface area contributed by atoms with Crippen molar-refractivity contribution < 1.29 is 37.7 Å². The van der Waals surface area contributed by atoms with Crippen LogP contribution in [0.15, 0.2) is 0 Å². The summed E-state index contributed by atoms with van der Waals surface area (Å²) in [7, 11) is 0. The van der Waals surface area contributed by atoms with Gasteiger partial charge in [-0.15, -0.1) is 0 Å². The van der Waals surface area contributed by atoms with Crippen molar-refractivity contribution in [3.63, 3.8) is 0 Å². The van der Waals surface area contributed by atoms with Crippen molar-refractivity contribution in [2.24, 2.45) is 0 Å². The first-order chi connectivity index (χ1) is 1.50. The second kappa shape index (κ2) is 5.19. The summed E-state index contributed by atoms with van der Waals surface area (Å²) < 4.78 is 0. The van der Waals surface area contributed by atoms with E-state index in [-0.39, 0.29) is 37.7 Å². The minimum Gasteiger partial charge on any atom is -0.333 e. The molecule has 0 heterocycles. The van der Waals surface area contributed by atoms with Crippen LogP contribution in [0.3, 0.4) is 0 Å². The van der Waals surface area contributed by atoms with Gasteiger partial charge in [-0.2, -0.15) is 0 Å². The van der Waals surface area contributed by atoms with E-state index in [0.717, 1.165) is 0 Å². The second-order valence-corrected chi connectivity index (χ2v) is 0.866. The van der Waals surface area contributed by atoms with Crippen LogP contribution in [0.2, 0.25) is 0 Å². The second-order valence-electron chi connectivity index (χ2n) is 0.866. The first-order valence-electron chi connectivity index (χ1n) is 1.32. The largest absolute Gasteiger partial charge is 1.00 e. The molecule has 0 radical (unpaired) electrons. The van der Waals surface area contributed by atoms with E-state index in [0.29, 0.717) is 0 Å². The Balaban J connectivity index is 0. The van der Waals surface area contributed by atoms with E-state index >= 15 is 0 Å². The Morgan fingerprint density at radius 3 is 1.20 bits per heavy atom. The van der Waals surface area contributed by atoms with E-state index in [1.807, 2.05) is 0 Å². The quantitative estimate of drug-likeness (QED) is 0.192. The molecular weight excluding hydrogens is 49.9 g/mol. The molecule has 0 N–H and O–H groups in total. The molecule has 0 aromatic carbocycles. The van der Waals surface area contributed by atoms with Gasteiger partial charge in [-0.1, -0.05) is 0 Å². The summed E-state index contributed by atoms with van der Waals surface area (Å²) >= 11 is 0. The predicted octanol–water partition coefficient (Wildman–Crippen LogP) is -5.01. The summed E-state index contributed by atoms with van der Waals surface area (Å²) in [5, 5.41) is 0. The van der Waals surface area contributed by atoms with Crippen molar-refractivity contribution in [3.05, 3.63) is 6.42 Å². The van der Waals surface area contributed by atoms with Gasteiger partial charge in [-0.05, 0) is 0 Å². The summed E-state index contributed by atoms with van der Waals surface area (Å²) in [4.78, 5) is 0. The topological polar surface area (TPSA) is 0 Å². The molecule has 0 bridgehead atoms. The Morgan fingerprint density at radius 2 is 1.20 bits per heavy atom. The Kier molecular flexibility index (Phi) is 9.87. The minimum absolute atomic E-state index is 0. The van der Waals surface area contributed by atoms with Crippen molar-refractivity contribution in [2.75, 3.05) is 0 Å². The smallest absolute Gasteiger partial charge is 0.333 e. The average molecular weight is 55.0 g/mol. The summed E-state index contributed by atoms with van der Waals surface area (Å²) in [5.41, 5.74) is 0. The van der Waals surface area contributed by atoms with Crippen molar-refractivity contribution in [1.29, 1.82) is 0 Å². The third-order valence-corrected chi connectivity index (χ3v) is 0.289. The molecule has 1 aliphatic carbocycles. The zero-order valence-electron chi connectivity index (χ0n) is 3.99. The fraction of sp³-hybridized carbons (Fsp3) is 0.667. The van der Waals surface area contributed by atoms with E-state index in [4.69, 9.17) is 0 Å². The van der Waals surface area contributed by atoms with Gasteiger partial charge in [0.2, 0.25) is 0 Å². The Morgan fingerprint density at radius 1 is 1.00 bits per heavy atom. The third-order valence-electron chi connectivity index (χ3n) is 0.289. The van der Waals surface area contributed by atoms with Crippen LogP contribution in [-0.2, 0) is 0 Å². The monoisotopic (exact) mass is 55.1 g/mol. The van der Waals surface area contributed by atoms with Crippen LogP contribution in [0.4, 0.5) is 0 Å². The van der Waals surface area contributed by atoms with Crippen LogP contribution in [0.5, 0.6) is 0 Å². The van der Waals surface area contributed by atoms with E-state index < -0.39 is 0 Å². The van der Waals surface area contributed by atoms with Crippen LogP contribution in [0.25, 0.3) is 0 Å². The zero-order chi connectivity index (χ0) is 2.12. The van der Waals surface area contributed by atoms with Crippen molar-refractivity contribution in [1.82, 2.24) is 0 Å². The maximum atomic E-state index is 2.25. The third kappa shape index (κ3) is 11.0. The first kappa shape index (κ1) is 9.50. The van der Waals surface area contributed by atoms with Gasteiger partial charge in [-0.3, -0.25) is 0 Å². The molecule has 0 spiro atoms. The number of hydrogen-bond donors (Lipinski definition) is 0. The minimum atomic E-state index is 0. The van der Waals surface area contributed by atoms with E-state index in [2.05, 4.69) is 6.42 Å². The molecule has 0 aliphatic heterocycles. The Bertz CT molecular complexity index is 9.61. The molecule has 0 aromatic rings. The number of hydrogen-bond acceptors (Lipinski definition) is 0. The van der Waals surface area contributed by atoms with Crippen LogP contribution >= 0.6 is 0 Å². The molecule has 2 heteroatoms. The number of rotatable bonds is 0. The first-order valence-corrected chi connectivity index (χ1v) is 1.32. The van der Waals surface area contributed by atoms with Gasteiger partial charge in [0.25, 0.3) is 0 Å². The standard InChI is InChI=1S/C3H5.2Li/c1-2-3-1;;/h1H,2-3H2;;/q-1;2*+1. The van der Waals surface area contributed by atoms with Gasteiger partial charge in [0.15, 0.2) is 0 Å². The van der Waals surface area contributed by atoms with Crippen LogP contribution in [0.1, 0.15) is 12.8 Å².